The van der Waals surface area contributed by atoms with Crippen LogP contribution in [0.4, 0.5) is 4.79 Å². The molecule has 1 fully saturated rings. The van der Waals surface area contributed by atoms with E-state index in [2.05, 4.69) is 10.0 Å². The predicted octanol–water partition coefficient (Wildman–Crippen LogP) is 3.07. The van der Waals surface area contributed by atoms with Gasteiger partial charge in [0.25, 0.3) is 0 Å². The summed E-state index contributed by atoms with van der Waals surface area (Å²) in [5.41, 5.74) is 7.60. The average Bonchev–Trinajstić information content (AvgIpc) is 2.42. The Balaban J connectivity index is 2.64. The second-order valence-electron chi connectivity index (χ2n) is 6.92. The van der Waals surface area contributed by atoms with Crippen LogP contribution in [0.3, 0.4) is 0 Å². The van der Waals surface area contributed by atoms with E-state index < -0.39 is 17.6 Å². The number of carbonyl (C=O) groups excluding carboxylic acids is 3. The van der Waals surface area contributed by atoms with Crippen LogP contribution in [0.15, 0.2) is 5.11 Å². The van der Waals surface area contributed by atoms with E-state index in [1.807, 2.05) is 6.92 Å². The maximum Gasteiger partial charge on any atom is 0.417 e. The van der Waals surface area contributed by atoms with Crippen molar-refractivity contribution in [1.82, 2.24) is 4.90 Å². The lowest BCUT2D eigenvalue weighted by molar-refractivity contribution is -0.141. The molecule has 0 bridgehead atoms. The Morgan fingerprint density at radius 2 is 2.13 bits per heavy atom. The van der Waals surface area contributed by atoms with E-state index in [0.29, 0.717) is 19.4 Å². The minimum atomic E-state index is -0.706. The summed E-state index contributed by atoms with van der Waals surface area (Å²) in [5.74, 6) is -0.895. The van der Waals surface area contributed by atoms with E-state index in [9.17, 15) is 14.4 Å². The Bertz CT molecular complexity index is 520. The van der Waals surface area contributed by atoms with E-state index in [-0.39, 0.29) is 30.6 Å². The third-order valence-electron chi connectivity index (χ3n) is 3.56. The fourth-order valence-electron chi connectivity index (χ4n) is 2.31. The lowest BCUT2D eigenvalue weighted by Gasteiger charge is -2.32. The van der Waals surface area contributed by atoms with Crippen LogP contribution in [-0.2, 0) is 14.3 Å². The first-order valence-electron chi connectivity index (χ1n) is 7.71. The summed E-state index contributed by atoms with van der Waals surface area (Å²) in [6, 6.07) is 0. The third kappa shape index (κ3) is 6.28. The molecule has 0 saturated carbocycles. The van der Waals surface area contributed by atoms with Gasteiger partial charge < -0.3 is 4.74 Å². The van der Waals surface area contributed by atoms with Crippen molar-refractivity contribution in [2.45, 2.75) is 52.6 Å². The molecule has 0 spiro atoms. The van der Waals surface area contributed by atoms with Gasteiger partial charge in [-0.2, -0.15) is 0 Å². The molecule has 0 aromatic heterocycles. The number of nitrogens with zero attached hydrogens (tertiary/aromatic N) is 4. The first-order valence-corrected chi connectivity index (χ1v) is 7.71. The molecule has 0 aromatic carbocycles. The molecule has 0 N–H and O–H groups in total. The number of likely N-dealkylation sites (tertiary alicyclic amines) is 1. The molecule has 1 aliphatic rings. The number of ketones is 1. The normalized spacial score (nSPS) is 20.0. The van der Waals surface area contributed by atoms with Gasteiger partial charge in [-0.25, -0.2) is 9.69 Å². The summed E-state index contributed by atoms with van der Waals surface area (Å²) < 4.78 is 5.21. The molecule has 1 aliphatic heterocycles. The lowest BCUT2D eigenvalue weighted by atomic mass is 9.89. The lowest BCUT2D eigenvalue weighted by Crippen LogP contribution is -2.49. The topological polar surface area (TPSA) is 112 Å². The molecule has 23 heavy (non-hydrogen) atoms. The molecule has 2 atom stereocenters. The van der Waals surface area contributed by atoms with Gasteiger partial charge in [0.05, 0.1) is 6.42 Å². The first-order chi connectivity index (χ1) is 10.6. The molecular formula is C15H24N4O4. The highest BCUT2D eigenvalue weighted by molar-refractivity contribution is 6.06. The van der Waals surface area contributed by atoms with Crippen LogP contribution in [0.1, 0.15) is 47.0 Å². The number of azide groups is 1. The maximum atomic E-state index is 12.1. The van der Waals surface area contributed by atoms with Crippen molar-refractivity contribution in [2.24, 2.45) is 17.0 Å². The Labute approximate surface area is 135 Å². The number of rotatable bonds is 5. The van der Waals surface area contributed by atoms with Gasteiger partial charge in [0, 0.05) is 23.9 Å². The van der Waals surface area contributed by atoms with Crippen LogP contribution in [0.2, 0.25) is 0 Å². The summed E-state index contributed by atoms with van der Waals surface area (Å²) in [5, 5.41) is 3.51. The number of carbonyl (C=O) groups is 3. The molecule has 0 aromatic rings. The number of hydrogen-bond acceptors (Lipinski definition) is 5. The highest BCUT2D eigenvalue weighted by Crippen LogP contribution is 2.23. The highest BCUT2D eigenvalue weighted by atomic mass is 16.6. The molecule has 0 radical (unpaired) electrons. The zero-order valence-corrected chi connectivity index (χ0v) is 14.1. The Hall–Kier alpha value is -2.08. The predicted molar refractivity (Wildman–Crippen MR) is 83.5 cm³/mol. The summed E-state index contributed by atoms with van der Waals surface area (Å²) in [4.78, 5) is 39.7. The van der Waals surface area contributed by atoms with E-state index in [4.69, 9.17) is 10.3 Å². The Kier molecular flexibility index (Phi) is 6.57. The van der Waals surface area contributed by atoms with Gasteiger partial charge in [0.1, 0.15) is 11.4 Å². The summed E-state index contributed by atoms with van der Waals surface area (Å²) >= 11 is 0. The van der Waals surface area contributed by atoms with Crippen LogP contribution in [-0.4, -0.2) is 41.4 Å². The fourth-order valence-corrected chi connectivity index (χ4v) is 2.31. The maximum absolute atomic E-state index is 12.1. The Morgan fingerprint density at radius 3 is 2.70 bits per heavy atom. The molecule has 1 unspecified atom stereocenters. The van der Waals surface area contributed by atoms with Crippen molar-refractivity contribution in [2.75, 3.05) is 13.1 Å². The molecule has 0 aliphatic carbocycles. The molecule has 2 amide bonds. The number of imide groups is 1. The molecule has 8 heteroatoms. The largest absolute Gasteiger partial charge is 0.443 e. The van der Waals surface area contributed by atoms with Gasteiger partial charge in [-0.15, -0.1) is 0 Å². The molecule has 8 nitrogen and oxygen atoms in total. The smallest absolute Gasteiger partial charge is 0.417 e. The van der Waals surface area contributed by atoms with Crippen molar-refractivity contribution in [1.29, 1.82) is 0 Å². The highest BCUT2D eigenvalue weighted by Gasteiger charge is 2.37. The zero-order chi connectivity index (χ0) is 17.6. The first kappa shape index (κ1) is 19.0. The monoisotopic (exact) mass is 324 g/mol. The van der Waals surface area contributed by atoms with Crippen molar-refractivity contribution in [3.63, 3.8) is 0 Å². The second-order valence-corrected chi connectivity index (χ2v) is 6.92. The van der Waals surface area contributed by atoms with Gasteiger partial charge in [0.15, 0.2) is 0 Å². The van der Waals surface area contributed by atoms with E-state index in [0.717, 1.165) is 4.90 Å². The number of amides is 2. The quantitative estimate of drug-likeness (QED) is 0.334. The van der Waals surface area contributed by atoms with E-state index in [1.54, 1.807) is 20.8 Å². The average molecular weight is 324 g/mol. The number of piperidine rings is 1. The number of ether oxygens (including phenoxy) is 1. The van der Waals surface area contributed by atoms with E-state index >= 15 is 0 Å². The van der Waals surface area contributed by atoms with Crippen LogP contribution >= 0.6 is 0 Å². The van der Waals surface area contributed by atoms with Crippen molar-refractivity contribution in [3.05, 3.63) is 10.4 Å². The number of Topliss-reactive ketones (excluding diaryl/α,β-unsaturated/α-hetero) is 1. The zero-order valence-electron chi connectivity index (χ0n) is 14.1. The van der Waals surface area contributed by atoms with Crippen LogP contribution in [0.5, 0.6) is 0 Å². The summed E-state index contributed by atoms with van der Waals surface area (Å²) in [6.07, 6.45) is 0.260. The van der Waals surface area contributed by atoms with Gasteiger partial charge >= 0.3 is 6.09 Å². The van der Waals surface area contributed by atoms with Gasteiger partial charge in [-0.3, -0.25) is 9.59 Å². The molecule has 1 rings (SSSR count). The van der Waals surface area contributed by atoms with Gasteiger partial charge in [0.2, 0.25) is 5.91 Å². The Morgan fingerprint density at radius 1 is 1.48 bits per heavy atom. The van der Waals surface area contributed by atoms with Crippen molar-refractivity contribution < 1.29 is 19.1 Å². The third-order valence-corrected chi connectivity index (χ3v) is 3.56. The minimum absolute atomic E-state index is 0.0564. The molecular weight excluding hydrogens is 300 g/mol. The van der Waals surface area contributed by atoms with Gasteiger partial charge in [-0.05, 0) is 45.1 Å². The fraction of sp³-hybridized carbons (Fsp3) is 0.800. The summed E-state index contributed by atoms with van der Waals surface area (Å²) in [7, 11) is 0. The van der Waals surface area contributed by atoms with Crippen LogP contribution in [0.25, 0.3) is 10.4 Å². The standard InChI is InChI=1S/C15H24N4O4/c1-10(8-17-18-16)5-6-11-9-19(13(21)7-12(11)20)14(22)23-15(2,3)4/h10-11H,5-9H2,1-4H3/t10-,11?/m0/s1. The van der Waals surface area contributed by atoms with Crippen molar-refractivity contribution >= 4 is 17.8 Å². The second kappa shape index (κ2) is 7.97. The van der Waals surface area contributed by atoms with Crippen molar-refractivity contribution in [3.8, 4) is 0 Å². The summed E-state index contributed by atoms with van der Waals surface area (Å²) in [6.45, 7) is 7.52. The molecule has 1 saturated heterocycles. The van der Waals surface area contributed by atoms with E-state index in [1.165, 1.54) is 0 Å². The van der Waals surface area contributed by atoms with Crippen LogP contribution in [0, 0.1) is 11.8 Å². The van der Waals surface area contributed by atoms with Gasteiger partial charge in [-0.1, -0.05) is 12.0 Å². The SMILES string of the molecule is C[C@@H](CCC1CN(C(=O)OC(C)(C)C)C(=O)CC1=O)CN=[N+]=[N-]. The number of hydrogen-bond donors (Lipinski definition) is 0. The molecule has 1 heterocycles. The minimum Gasteiger partial charge on any atom is -0.443 e. The van der Waals surface area contributed by atoms with Crippen LogP contribution < -0.4 is 0 Å². The molecule has 128 valence electrons.